The summed E-state index contributed by atoms with van der Waals surface area (Å²) >= 11 is 0. The molecule has 5 rings (SSSR count). The molecule has 0 aliphatic carbocycles. The number of carbonyl (C=O) groups is 2. The third-order valence-electron chi connectivity index (χ3n) is 7.03. The summed E-state index contributed by atoms with van der Waals surface area (Å²) in [7, 11) is 0. The number of ether oxygens (including phenoxy) is 1. The summed E-state index contributed by atoms with van der Waals surface area (Å²) in [5.74, 6) is 0.156. The SMILES string of the molecule is CC(C)(C)OC1=NC(=O)C(N2Cc3c(cccc3N3CC(N4CCCCC4)C3)C2=O)CC1. The first-order chi connectivity index (χ1) is 15.3. The second kappa shape index (κ2) is 8.18. The Kier molecular flexibility index (Phi) is 5.48. The fourth-order valence-corrected chi connectivity index (χ4v) is 5.41. The van der Waals surface area contributed by atoms with Crippen LogP contribution in [0.25, 0.3) is 0 Å². The Bertz CT molecular complexity index is 939. The first kappa shape index (κ1) is 21.4. The normalized spacial score (nSPS) is 25.0. The molecule has 1 aromatic carbocycles. The summed E-state index contributed by atoms with van der Waals surface area (Å²) in [5.41, 5.74) is 2.56. The lowest BCUT2D eigenvalue weighted by molar-refractivity contribution is -0.123. The lowest BCUT2D eigenvalue weighted by Gasteiger charge is -2.48. The minimum Gasteiger partial charge on any atom is -0.475 e. The van der Waals surface area contributed by atoms with Gasteiger partial charge in [-0.2, -0.15) is 4.99 Å². The van der Waals surface area contributed by atoms with Crippen molar-refractivity contribution in [3.63, 3.8) is 0 Å². The number of anilines is 1. The Morgan fingerprint density at radius 3 is 2.50 bits per heavy atom. The maximum absolute atomic E-state index is 13.2. The van der Waals surface area contributed by atoms with E-state index < -0.39 is 6.04 Å². The van der Waals surface area contributed by atoms with Gasteiger partial charge in [0.1, 0.15) is 11.6 Å². The maximum atomic E-state index is 13.2. The number of fused-ring (bicyclic) bond motifs is 1. The molecular formula is C25H34N4O3. The van der Waals surface area contributed by atoms with E-state index in [4.69, 9.17) is 4.74 Å². The van der Waals surface area contributed by atoms with Crippen molar-refractivity contribution in [3.05, 3.63) is 29.3 Å². The average Bonchev–Trinajstić information content (AvgIpc) is 3.04. The fraction of sp³-hybridized carbons (Fsp3) is 0.640. The van der Waals surface area contributed by atoms with Crippen LogP contribution in [0.3, 0.4) is 0 Å². The van der Waals surface area contributed by atoms with Gasteiger partial charge in [-0.3, -0.25) is 14.5 Å². The molecule has 1 atom stereocenters. The third-order valence-corrected chi connectivity index (χ3v) is 7.03. The van der Waals surface area contributed by atoms with Gasteiger partial charge in [-0.15, -0.1) is 0 Å². The second-order valence-electron chi connectivity index (χ2n) is 10.5. The molecule has 4 heterocycles. The van der Waals surface area contributed by atoms with Crippen molar-refractivity contribution >= 4 is 23.4 Å². The summed E-state index contributed by atoms with van der Waals surface area (Å²) in [6.45, 7) is 10.8. The quantitative estimate of drug-likeness (QED) is 0.725. The number of nitrogens with zero attached hydrogens (tertiary/aromatic N) is 4. The second-order valence-corrected chi connectivity index (χ2v) is 10.5. The van der Waals surface area contributed by atoms with Crippen molar-refractivity contribution in [2.75, 3.05) is 31.1 Å². The van der Waals surface area contributed by atoms with Crippen LogP contribution in [0, 0.1) is 0 Å². The smallest absolute Gasteiger partial charge is 0.271 e. The number of hydrogen-bond donors (Lipinski definition) is 0. The maximum Gasteiger partial charge on any atom is 0.271 e. The van der Waals surface area contributed by atoms with E-state index in [2.05, 4.69) is 20.9 Å². The molecule has 32 heavy (non-hydrogen) atoms. The fourth-order valence-electron chi connectivity index (χ4n) is 5.41. The van der Waals surface area contributed by atoms with Crippen LogP contribution in [0.5, 0.6) is 0 Å². The van der Waals surface area contributed by atoms with E-state index in [9.17, 15) is 9.59 Å². The number of hydrogen-bond acceptors (Lipinski definition) is 5. The van der Waals surface area contributed by atoms with E-state index in [1.807, 2.05) is 32.9 Å². The summed E-state index contributed by atoms with van der Waals surface area (Å²) in [4.78, 5) is 36.9. The number of piperidine rings is 1. The molecule has 4 aliphatic rings. The van der Waals surface area contributed by atoms with Gasteiger partial charge in [0.2, 0.25) is 0 Å². The Hall–Kier alpha value is -2.41. The van der Waals surface area contributed by atoms with E-state index in [1.54, 1.807) is 4.90 Å². The number of aliphatic imine (C=N–C) groups is 1. The van der Waals surface area contributed by atoms with Gasteiger partial charge in [-0.25, -0.2) is 0 Å². The summed E-state index contributed by atoms with van der Waals surface area (Å²) in [6.07, 6.45) is 5.10. The number of rotatable bonds is 3. The molecule has 1 aromatic rings. The highest BCUT2D eigenvalue weighted by atomic mass is 16.5. The van der Waals surface area contributed by atoms with Crippen LogP contribution in [-0.4, -0.2) is 71.4 Å². The first-order valence-corrected chi connectivity index (χ1v) is 12.0. The van der Waals surface area contributed by atoms with Crippen molar-refractivity contribution in [3.8, 4) is 0 Å². The van der Waals surface area contributed by atoms with Gasteiger partial charge >= 0.3 is 0 Å². The zero-order valence-corrected chi connectivity index (χ0v) is 19.5. The van der Waals surface area contributed by atoms with Crippen molar-refractivity contribution < 1.29 is 14.3 Å². The Morgan fingerprint density at radius 1 is 1.06 bits per heavy atom. The van der Waals surface area contributed by atoms with Gasteiger partial charge in [0.25, 0.3) is 11.8 Å². The molecule has 2 saturated heterocycles. The van der Waals surface area contributed by atoms with Crippen molar-refractivity contribution in [2.24, 2.45) is 4.99 Å². The van der Waals surface area contributed by atoms with Crippen LogP contribution in [0.4, 0.5) is 5.69 Å². The first-order valence-electron chi connectivity index (χ1n) is 12.0. The monoisotopic (exact) mass is 438 g/mol. The molecule has 1 unspecified atom stereocenters. The van der Waals surface area contributed by atoms with Crippen LogP contribution < -0.4 is 4.90 Å². The molecule has 4 aliphatic heterocycles. The van der Waals surface area contributed by atoms with E-state index in [1.165, 1.54) is 32.4 Å². The standard InChI is InChI=1S/C25H34N4O3/c1-25(2,3)32-22-11-10-21(23(30)26-22)29-16-19-18(24(29)31)8-7-9-20(19)28-14-17(15-28)27-12-5-4-6-13-27/h7-9,17,21H,4-6,10-16H2,1-3H3. The Balaban J connectivity index is 1.28. The molecule has 7 nitrogen and oxygen atoms in total. The van der Waals surface area contributed by atoms with Crippen molar-refractivity contribution in [1.29, 1.82) is 0 Å². The van der Waals surface area contributed by atoms with E-state index in [0.29, 0.717) is 31.3 Å². The molecular weight excluding hydrogens is 404 g/mol. The number of benzene rings is 1. The van der Waals surface area contributed by atoms with Gasteiger partial charge < -0.3 is 14.5 Å². The molecule has 0 bridgehead atoms. The molecule has 2 amide bonds. The Morgan fingerprint density at radius 2 is 1.81 bits per heavy atom. The van der Waals surface area contributed by atoms with Crippen LogP contribution in [0.2, 0.25) is 0 Å². The molecule has 0 saturated carbocycles. The number of likely N-dealkylation sites (tertiary alicyclic amines) is 1. The van der Waals surface area contributed by atoms with Gasteiger partial charge in [-0.05, 0) is 65.3 Å². The zero-order valence-electron chi connectivity index (χ0n) is 19.5. The summed E-state index contributed by atoms with van der Waals surface area (Å²) in [5, 5.41) is 0. The van der Waals surface area contributed by atoms with E-state index in [0.717, 1.165) is 29.9 Å². The predicted octanol–water partition coefficient (Wildman–Crippen LogP) is 3.22. The van der Waals surface area contributed by atoms with E-state index >= 15 is 0 Å². The van der Waals surface area contributed by atoms with Crippen LogP contribution in [0.1, 0.15) is 68.8 Å². The average molecular weight is 439 g/mol. The lowest BCUT2D eigenvalue weighted by Crippen LogP contribution is -2.60. The highest BCUT2D eigenvalue weighted by molar-refractivity contribution is 6.04. The molecule has 0 spiro atoms. The zero-order chi connectivity index (χ0) is 22.5. The van der Waals surface area contributed by atoms with Gasteiger partial charge in [0, 0.05) is 48.9 Å². The van der Waals surface area contributed by atoms with Crippen molar-refractivity contribution in [2.45, 2.75) is 77.1 Å². The van der Waals surface area contributed by atoms with Gasteiger partial charge in [0.05, 0.1) is 0 Å². The van der Waals surface area contributed by atoms with Crippen LogP contribution >= 0.6 is 0 Å². The third kappa shape index (κ3) is 4.03. The number of carbonyl (C=O) groups excluding carboxylic acids is 2. The molecule has 0 radical (unpaired) electrons. The van der Waals surface area contributed by atoms with Gasteiger partial charge in [-0.1, -0.05) is 12.5 Å². The number of amides is 2. The molecule has 0 aromatic heterocycles. The largest absolute Gasteiger partial charge is 0.475 e. The minimum absolute atomic E-state index is 0.0521. The molecule has 2 fully saturated rings. The topological polar surface area (TPSA) is 65.5 Å². The van der Waals surface area contributed by atoms with Crippen LogP contribution in [-0.2, 0) is 16.1 Å². The van der Waals surface area contributed by atoms with E-state index in [-0.39, 0.29) is 17.4 Å². The highest BCUT2D eigenvalue weighted by Gasteiger charge is 2.41. The van der Waals surface area contributed by atoms with Gasteiger partial charge in [0.15, 0.2) is 5.90 Å². The highest BCUT2D eigenvalue weighted by Crippen LogP contribution is 2.37. The Labute approximate surface area is 190 Å². The molecule has 7 heteroatoms. The predicted molar refractivity (Wildman–Crippen MR) is 124 cm³/mol. The van der Waals surface area contributed by atoms with Crippen LogP contribution in [0.15, 0.2) is 23.2 Å². The lowest BCUT2D eigenvalue weighted by atomic mass is 9.99. The molecule has 172 valence electrons. The minimum atomic E-state index is -0.507. The van der Waals surface area contributed by atoms with Crippen molar-refractivity contribution in [1.82, 2.24) is 9.80 Å². The molecule has 0 N–H and O–H groups in total. The summed E-state index contributed by atoms with van der Waals surface area (Å²) in [6, 6.07) is 6.11. The summed E-state index contributed by atoms with van der Waals surface area (Å²) < 4.78 is 5.80.